The molecule has 1 aromatic heterocycles. The van der Waals surface area contributed by atoms with Gasteiger partial charge in [-0.25, -0.2) is 9.36 Å². The first-order valence-corrected chi connectivity index (χ1v) is 5.78. The van der Waals surface area contributed by atoms with Gasteiger partial charge in [-0.1, -0.05) is 0 Å². The second kappa shape index (κ2) is 6.61. The molecule has 0 saturated heterocycles. The normalized spacial score (nSPS) is 10.3. The third-order valence-corrected chi connectivity index (χ3v) is 2.49. The number of nitro groups is 1. The Morgan fingerprint density at radius 2 is 2.15 bits per heavy atom. The minimum Gasteiger partial charge on any atom is -0.395 e. The lowest BCUT2D eigenvalue weighted by molar-refractivity contribution is -0.387. The van der Waals surface area contributed by atoms with Crippen molar-refractivity contribution in [2.24, 2.45) is 0 Å². The molecule has 0 aliphatic carbocycles. The number of carbonyl (C=O) groups excluding carboxylic acids is 1. The highest BCUT2D eigenvalue weighted by Gasteiger charge is 2.20. The van der Waals surface area contributed by atoms with Crippen LogP contribution in [0.15, 0.2) is 15.8 Å². The van der Waals surface area contributed by atoms with Crippen LogP contribution >= 0.6 is 0 Å². The monoisotopic (exact) mass is 286 g/mol. The van der Waals surface area contributed by atoms with E-state index in [1.54, 1.807) is 6.92 Å². The molecule has 2 N–H and O–H groups in total. The molecule has 0 aliphatic heterocycles. The standard InChI is InChI=1S/C10H14N4O6/c1-2-12-5-7(14(19)20)9(17)13(10(12)18)6-8(16)11-3-4-15/h5,15H,2-4,6H2,1H3,(H,11,16). The van der Waals surface area contributed by atoms with Crippen molar-refractivity contribution in [3.05, 3.63) is 37.1 Å². The fraction of sp³-hybridized carbons (Fsp3) is 0.500. The molecular weight excluding hydrogens is 272 g/mol. The summed E-state index contributed by atoms with van der Waals surface area (Å²) < 4.78 is 1.47. The fourth-order valence-corrected chi connectivity index (χ4v) is 1.52. The summed E-state index contributed by atoms with van der Waals surface area (Å²) in [6.07, 6.45) is 0.854. The zero-order chi connectivity index (χ0) is 15.3. The van der Waals surface area contributed by atoms with E-state index in [1.807, 2.05) is 0 Å². The number of nitrogens with one attached hydrogen (secondary N) is 1. The second-order valence-electron chi connectivity index (χ2n) is 3.80. The van der Waals surface area contributed by atoms with E-state index in [0.29, 0.717) is 4.57 Å². The summed E-state index contributed by atoms with van der Waals surface area (Å²) in [4.78, 5) is 45.0. The number of carbonyl (C=O) groups is 1. The molecule has 10 nitrogen and oxygen atoms in total. The molecule has 110 valence electrons. The van der Waals surface area contributed by atoms with E-state index in [9.17, 15) is 24.5 Å². The molecule has 0 fully saturated rings. The molecule has 1 aromatic rings. The number of rotatable bonds is 6. The predicted octanol–water partition coefficient (Wildman–Crippen LogP) is -1.95. The molecule has 0 radical (unpaired) electrons. The molecule has 0 bridgehead atoms. The minimum atomic E-state index is -1.14. The Bertz CT molecular complexity index is 632. The smallest absolute Gasteiger partial charge is 0.350 e. The first-order valence-electron chi connectivity index (χ1n) is 5.78. The maximum absolute atomic E-state index is 11.9. The van der Waals surface area contributed by atoms with Gasteiger partial charge in [0, 0.05) is 13.1 Å². The SMILES string of the molecule is CCn1cc([N+](=O)[O-])c(=O)n(CC(=O)NCCO)c1=O. The Morgan fingerprint density at radius 1 is 1.50 bits per heavy atom. The lowest BCUT2D eigenvalue weighted by Crippen LogP contribution is -2.44. The van der Waals surface area contributed by atoms with Crippen LogP contribution in [0, 0.1) is 10.1 Å². The van der Waals surface area contributed by atoms with E-state index >= 15 is 0 Å². The average Bonchev–Trinajstić information content (AvgIpc) is 2.41. The van der Waals surface area contributed by atoms with Crippen molar-refractivity contribution < 1.29 is 14.8 Å². The topological polar surface area (TPSA) is 136 Å². The molecule has 20 heavy (non-hydrogen) atoms. The predicted molar refractivity (Wildman–Crippen MR) is 67.4 cm³/mol. The largest absolute Gasteiger partial charge is 0.395 e. The van der Waals surface area contributed by atoms with E-state index in [1.165, 1.54) is 0 Å². The highest BCUT2D eigenvalue weighted by molar-refractivity contribution is 5.75. The summed E-state index contributed by atoms with van der Waals surface area (Å²) in [5, 5.41) is 21.6. The average molecular weight is 286 g/mol. The fourth-order valence-electron chi connectivity index (χ4n) is 1.52. The van der Waals surface area contributed by atoms with Crippen LogP contribution < -0.4 is 16.6 Å². The van der Waals surface area contributed by atoms with Gasteiger partial charge < -0.3 is 10.4 Å². The van der Waals surface area contributed by atoms with Crippen molar-refractivity contribution in [2.45, 2.75) is 20.0 Å². The van der Waals surface area contributed by atoms with Crippen LogP contribution in [0.3, 0.4) is 0 Å². The maximum atomic E-state index is 11.9. The quantitative estimate of drug-likeness (QED) is 0.460. The van der Waals surface area contributed by atoms with Gasteiger partial charge in [0.05, 0.1) is 17.7 Å². The zero-order valence-electron chi connectivity index (χ0n) is 10.7. The number of aromatic nitrogens is 2. The van der Waals surface area contributed by atoms with Crippen LogP contribution in [-0.2, 0) is 17.9 Å². The van der Waals surface area contributed by atoms with E-state index in [4.69, 9.17) is 5.11 Å². The Kier molecular flexibility index (Phi) is 5.15. The number of hydrogen-bond acceptors (Lipinski definition) is 6. The van der Waals surface area contributed by atoms with Crippen LogP contribution in [0.4, 0.5) is 5.69 Å². The zero-order valence-corrected chi connectivity index (χ0v) is 10.7. The lowest BCUT2D eigenvalue weighted by atomic mass is 10.4. The van der Waals surface area contributed by atoms with Crippen LogP contribution in [0.25, 0.3) is 0 Å². The van der Waals surface area contributed by atoms with Crippen LogP contribution in [0.1, 0.15) is 6.92 Å². The molecule has 1 amide bonds. The first kappa shape index (κ1) is 15.6. The number of aliphatic hydroxyl groups is 1. The van der Waals surface area contributed by atoms with Crippen LogP contribution in [0.2, 0.25) is 0 Å². The van der Waals surface area contributed by atoms with Gasteiger partial charge in [-0.3, -0.25) is 24.3 Å². The van der Waals surface area contributed by atoms with Gasteiger partial charge in [0.2, 0.25) is 5.91 Å². The Morgan fingerprint density at radius 3 is 2.65 bits per heavy atom. The van der Waals surface area contributed by atoms with Crippen LogP contribution in [0.5, 0.6) is 0 Å². The van der Waals surface area contributed by atoms with Gasteiger partial charge in [0.15, 0.2) is 0 Å². The highest BCUT2D eigenvalue weighted by Crippen LogP contribution is 2.00. The molecule has 0 spiro atoms. The van der Waals surface area contributed by atoms with E-state index < -0.39 is 34.3 Å². The highest BCUT2D eigenvalue weighted by atomic mass is 16.6. The molecule has 0 aromatic carbocycles. The van der Waals surface area contributed by atoms with Gasteiger partial charge >= 0.3 is 16.9 Å². The summed E-state index contributed by atoms with van der Waals surface area (Å²) in [5.74, 6) is -0.693. The van der Waals surface area contributed by atoms with Crippen molar-refractivity contribution in [2.75, 3.05) is 13.2 Å². The van der Waals surface area contributed by atoms with Crippen molar-refractivity contribution in [1.82, 2.24) is 14.5 Å². The summed E-state index contributed by atoms with van der Waals surface area (Å²) >= 11 is 0. The Hall–Kier alpha value is -2.49. The molecule has 1 heterocycles. The molecule has 0 aliphatic rings. The second-order valence-corrected chi connectivity index (χ2v) is 3.80. The molecule has 0 saturated carbocycles. The first-order chi connectivity index (χ1) is 9.42. The van der Waals surface area contributed by atoms with Crippen molar-refractivity contribution in [3.63, 3.8) is 0 Å². The minimum absolute atomic E-state index is 0.0372. The van der Waals surface area contributed by atoms with Gasteiger partial charge in [0.1, 0.15) is 6.54 Å². The number of aryl methyl sites for hydroxylation is 1. The van der Waals surface area contributed by atoms with E-state index in [2.05, 4.69) is 5.32 Å². The number of hydrogen-bond donors (Lipinski definition) is 2. The maximum Gasteiger partial charge on any atom is 0.350 e. The Labute approximate surface area is 112 Å². The van der Waals surface area contributed by atoms with Gasteiger partial charge in [-0.2, -0.15) is 0 Å². The lowest BCUT2D eigenvalue weighted by Gasteiger charge is -2.08. The van der Waals surface area contributed by atoms with Gasteiger partial charge in [-0.15, -0.1) is 0 Å². The van der Waals surface area contributed by atoms with Crippen molar-refractivity contribution >= 4 is 11.6 Å². The molecule has 0 atom stereocenters. The van der Waals surface area contributed by atoms with Gasteiger partial charge in [-0.05, 0) is 6.92 Å². The molecule has 0 unspecified atom stereocenters. The number of aliphatic hydroxyl groups excluding tert-OH is 1. The molecular formula is C10H14N4O6. The molecule has 10 heteroatoms. The third kappa shape index (κ3) is 3.29. The Balaban J connectivity index is 3.27. The van der Waals surface area contributed by atoms with Gasteiger partial charge in [0.25, 0.3) is 0 Å². The van der Waals surface area contributed by atoms with E-state index in [-0.39, 0.29) is 19.7 Å². The van der Waals surface area contributed by atoms with Crippen molar-refractivity contribution in [1.29, 1.82) is 0 Å². The van der Waals surface area contributed by atoms with Crippen LogP contribution in [-0.4, -0.2) is 38.2 Å². The summed E-state index contributed by atoms with van der Waals surface area (Å²) in [5.41, 5.74) is -2.72. The van der Waals surface area contributed by atoms with E-state index in [0.717, 1.165) is 10.8 Å². The summed E-state index contributed by atoms with van der Waals surface area (Å²) in [6, 6.07) is 0. The van der Waals surface area contributed by atoms with Crippen molar-refractivity contribution in [3.8, 4) is 0 Å². The summed E-state index contributed by atoms with van der Waals surface area (Å²) in [6.45, 7) is 0.725. The number of amides is 1. The molecule has 1 rings (SSSR count). The third-order valence-electron chi connectivity index (χ3n) is 2.49. The summed E-state index contributed by atoms with van der Waals surface area (Å²) in [7, 11) is 0. The number of nitrogens with zero attached hydrogens (tertiary/aromatic N) is 3.